The van der Waals surface area contributed by atoms with Crippen molar-refractivity contribution in [2.45, 2.75) is 13.0 Å². The van der Waals surface area contributed by atoms with Crippen LogP contribution in [-0.2, 0) is 16.1 Å². The summed E-state index contributed by atoms with van der Waals surface area (Å²) >= 11 is 0. The highest BCUT2D eigenvalue weighted by molar-refractivity contribution is 6.06. The maximum atomic E-state index is 12.4. The summed E-state index contributed by atoms with van der Waals surface area (Å²) in [5.74, 6) is 0.389. The number of imide groups is 1. The molecule has 2 fully saturated rings. The third kappa shape index (κ3) is 1.43. The van der Waals surface area contributed by atoms with E-state index in [4.69, 9.17) is 0 Å². The highest BCUT2D eigenvalue weighted by Gasteiger charge is 2.59. The number of amides is 2. The average Bonchev–Trinajstić information content (AvgIpc) is 3.10. The van der Waals surface area contributed by atoms with Crippen LogP contribution in [-0.4, -0.2) is 21.7 Å². The number of hydrogen-bond donors (Lipinski definition) is 0. The topological polar surface area (TPSA) is 50.3 Å². The summed E-state index contributed by atoms with van der Waals surface area (Å²) in [6, 6.07) is 3.72. The van der Waals surface area contributed by atoms with Gasteiger partial charge in [0.2, 0.25) is 11.8 Å². The molecule has 0 unspecified atom stereocenters. The molecule has 1 aliphatic heterocycles. The first-order chi connectivity index (χ1) is 9.25. The first kappa shape index (κ1) is 10.9. The van der Waals surface area contributed by atoms with E-state index in [1.54, 1.807) is 12.4 Å². The van der Waals surface area contributed by atoms with Crippen LogP contribution in [0.25, 0.3) is 0 Å². The molecule has 0 spiro atoms. The number of fused-ring (bicyclic) bond motifs is 5. The van der Waals surface area contributed by atoms with Crippen LogP contribution in [0.5, 0.6) is 0 Å². The standard InChI is InChI=1S/C15H14N2O2/c18-14-12-10-3-4-11(6-10)13(12)15(19)17(14)8-9-2-1-5-16-7-9/h1-5,7,10-13H,6,8H2/t10-,11-,12+,13+/m1/s1. The number of likely N-dealkylation sites (tertiary alicyclic amines) is 1. The second-order valence-electron chi connectivity index (χ2n) is 5.62. The first-order valence-corrected chi connectivity index (χ1v) is 6.68. The molecule has 3 aliphatic rings. The molecule has 2 bridgehead atoms. The third-order valence-corrected chi connectivity index (χ3v) is 4.63. The fourth-order valence-electron chi connectivity index (χ4n) is 3.79. The molecule has 1 saturated carbocycles. The Hall–Kier alpha value is -1.97. The van der Waals surface area contributed by atoms with E-state index >= 15 is 0 Å². The molecule has 0 N–H and O–H groups in total. The summed E-state index contributed by atoms with van der Waals surface area (Å²) < 4.78 is 0. The van der Waals surface area contributed by atoms with Crippen LogP contribution in [0.15, 0.2) is 36.7 Å². The predicted octanol–water partition coefficient (Wildman–Crippen LogP) is 1.39. The molecule has 0 aromatic carbocycles. The lowest BCUT2D eigenvalue weighted by Crippen LogP contribution is -2.32. The SMILES string of the molecule is O=C1[C@@H]2[C@@H](C(=O)N1Cc1cccnc1)[C@@H]1C=C[C@@H]2C1. The smallest absolute Gasteiger partial charge is 0.234 e. The summed E-state index contributed by atoms with van der Waals surface area (Å²) in [5, 5.41) is 0. The largest absolute Gasteiger partial charge is 0.278 e. The number of nitrogens with zero attached hydrogens (tertiary/aromatic N) is 2. The van der Waals surface area contributed by atoms with Crippen LogP contribution in [0.4, 0.5) is 0 Å². The fourth-order valence-corrected chi connectivity index (χ4v) is 3.79. The van der Waals surface area contributed by atoms with Crippen molar-refractivity contribution in [3.8, 4) is 0 Å². The van der Waals surface area contributed by atoms with E-state index in [2.05, 4.69) is 17.1 Å². The van der Waals surface area contributed by atoms with Gasteiger partial charge in [-0.1, -0.05) is 18.2 Å². The van der Waals surface area contributed by atoms with Crippen LogP contribution in [0.1, 0.15) is 12.0 Å². The third-order valence-electron chi connectivity index (χ3n) is 4.63. The van der Waals surface area contributed by atoms with Gasteiger partial charge in [0, 0.05) is 12.4 Å². The van der Waals surface area contributed by atoms with E-state index < -0.39 is 0 Å². The Morgan fingerprint density at radius 2 is 1.84 bits per heavy atom. The van der Waals surface area contributed by atoms with Crippen LogP contribution >= 0.6 is 0 Å². The number of carbonyl (C=O) groups excluding carboxylic acids is 2. The van der Waals surface area contributed by atoms with Crippen LogP contribution in [0.3, 0.4) is 0 Å². The number of carbonyl (C=O) groups is 2. The van der Waals surface area contributed by atoms with Crippen molar-refractivity contribution in [3.05, 3.63) is 42.2 Å². The molecule has 0 radical (unpaired) electrons. The van der Waals surface area contributed by atoms with Gasteiger partial charge in [-0.2, -0.15) is 0 Å². The quantitative estimate of drug-likeness (QED) is 0.592. The van der Waals surface area contributed by atoms with Gasteiger partial charge < -0.3 is 0 Å². The van der Waals surface area contributed by atoms with Crippen molar-refractivity contribution in [1.29, 1.82) is 0 Å². The van der Waals surface area contributed by atoms with Gasteiger partial charge in [0.25, 0.3) is 0 Å². The molecule has 4 heteroatoms. The molecule has 2 heterocycles. The lowest BCUT2D eigenvalue weighted by molar-refractivity contribution is -0.141. The Morgan fingerprint density at radius 1 is 1.16 bits per heavy atom. The molecule has 2 aliphatic carbocycles. The molecule has 4 nitrogen and oxygen atoms in total. The van der Waals surface area contributed by atoms with Gasteiger partial charge in [0.1, 0.15) is 0 Å². The van der Waals surface area contributed by atoms with Gasteiger partial charge in [0.05, 0.1) is 18.4 Å². The second kappa shape index (κ2) is 3.76. The Labute approximate surface area is 111 Å². The second-order valence-corrected chi connectivity index (χ2v) is 5.62. The van der Waals surface area contributed by atoms with Crippen LogP contribution < -0.4 is 0 Å². The van der Waals surface area contributed by atoms with Crippen LogP contribution in [0.2, 0.25) is 0 Å². The minimum Gasteiger partial charge on any atom is -0.278 e. The zero-order chi connectivity index (χ0) is 13.0. The molecule has 2 amide bonds. The lowest BCUT2D eigenvalue weighted by atomic mass is 9.85. The molecule has 4 rings (SSSR count). The first-order valence-electron chi connectivity index (χ1n) is 6.68. The zero-order valence-electron chi connectivity index (χ0n) is 10.4. The number of allylic oxidation sites excluding steroid dienone is 2. The van der Waals surface area contributed by atoms with Gasteiger partial charge in [-0.3, -0.25) is 19.5 Å². The molecule has 96 valence electrons. The van der Waals surface area contributed by atoms with Gasteiger partial charge in [-0.25, -0.2) is 0 Å². The van der Waals surface area contributed by atoms with E-state index in [0.29, 0.717) is 6.54 Å². The summed E-state index contributed by atoms with van der Waals surface area (Å²) in [6.45, 7) is 0.359. The number of aromatic nitrogens is 1. The van der Waals surface area contributed by atoms with Crippen molar-refractivity contribution >= 4 is 11.8 Å². The molecule has 4 atom stereocenters. The summed E-state index contributed by atoms with van der Waals surface area (Å²) in [6.07, 6.45) is 8.61. The molecule has 1 saturated heterocycles. The monoisotopic (exact) mass is 254 g/mol. The van der Waals surface area contributed by atoms with Crippen molar-refractivity contribution in [2.75, 3.05) is 0 Å². The lowest BCUT2D eigenvalue weighted by Gasteiger charge is -2.16. The highest BCUT2D eigenvalue weighted by Crippen LogP contribution is 2.52. The molecule has 1 aromatic heterocycles. The number of pyridine rings is 1. The minimum absolute atomic E-state index is 0.00991. The van der Waals surface area contributed by atoms with Gasteiger partial charge in [-0.15, -0.1) is 0 Å². The minimum atomic E-state index is -0.0980. The number of rotatable bonds is 2. The van der Waals surface area contributed by atoms with Gasteiger partial charge in [0.15, 0.2) is 0 Å². The summed E-state index contributed by atoms with van der Waals surface area (Å²) in [7, 11) is 0. The Kier molecular flexibility index (Phi) is 2.16. The van der Waals surface area contributed by atoms with E-state index in [-0.39, 0.29) is 35.5 Å². The van der Waals surface area contributed by atoms with Crippen molar-refractivity contribution in [3.63, 3.8) is 0 Å². The molecule has 1 aromatic rings. The maximum Gasteiger partial charge on any atom is 0.234 e. The molecular weight excluding hydrogens is 240 g/mol. The van der Waals surface area contributed by atoms with E-state index in [9.17, 15) is 9.59 Å². The fraction of sp³-hybridized carbons (Fsp3) is 0.400. The summed E-state index contributed by atoms with van der Waals surface area (Å²) in [5.41, 5.74) is 0.907. The maximum absolute atomic E-state index is 12.4. The molecule has 19 heavy (non-hydrogen) atoms. The average molecular weight is 254 g/mol. The van der Waals surface area contributed by atoms with E-state index in [1.807, 2.05) is 12.1 Å². The molecular formula is C15H14N2O2. The highest BCUT2D eigenvalue weighted by atomic mass is 16.2. The Bertz CT molecular complexity index is 551. The van der Waals surface area contributed by atoms with Crippen molar-refractivity contribution < 1.29 is 9.59 Å². The van der Waals surface area contributed by atoms with Crippen molar-refractivity contribution in [1.82, 2.24) is 9.88 Å². The summed E-state index contributed by atoms with van der Waals surface area (Å²) in [4.78, 5) is 30.3. The van der Waals surface area contributed by atoms with Gasteiger partial charge in [-0.05, 0) is 29.9 Å². The van der Waals surface area contributed by atoms with E-state index in [0.717, 1.165) is 12.0 Å². The van der Waals surface area contributed by atoms with E-state index in [1.165, 1.54) is 4.90 Å². The Morgan fingerprint density at radius 3 is 2.42 bits per heavy atom. The van der Waals surface area contributed by atoms with Gasteiger partial charge >= 0.3 is 0 Å². The number of hydrogen-bond acceptors (Lipinski definition) is 3. The normalized spacial score (nSPS) is 35.3. The zero-order valence-corrected chi connectivity index (χ0v) is 10.4. The van der Waals surface area contributed by atoms with Crippen molar-refractivity contribution in [2.24, 2.45) is 23.7 Å². The van der Waals surface area contributed by atoms with Crippen LogP contribution in [0, 0.1) is 23.7 Å². The Balaban J connectivity index is 1.62. The predicted molar refractivity (Wildman–Crippen MR) is 67.5 cm³/mol.